The van der Waals surface area contributed by atoms with Gasteiger partial charge < -0.3 is 11.1 Å². The van der Waals surface area contributed by atoms with E-state index < -0.39 is 5.41 Å². The molecule has 0 radical (unpaired) electrons. The van der Waals surface area contributed by atoms with E-state index in [9.17, 15) is 9.59 Å². The van der Waals surface area contributed by atoms with Gasteiger partial charge in [-0.05, 0) is 5.41 Å². The molecule has 1 unspecified atom stereocenters. The van der Waals surface area contributed by atoms with Crippen molar-refractivity contribution in [2.45, 2.75) is 48.0 Å². The van der Waals surface area contributed by atoms with Crippen LogP contribution in [0.25, 0.3) is 0 Å². The van der Waals surface area contributed by atoms with E-state index in [0.717, 1.165) is 0 Å². The number of hydrogen-bond donors (Lipinski definition) is 2. The van der Waals surface area contributed by atoms with E-state index in [-0.39, 0.29) is 29.4 Å². The lowest BCUT2D eigenvalue weighted by molar-refractivity contribution is -0.136. The van der Waals surface area contributed by atoms with Gasteiger partial charge >= 0.3 is 0 Å². The third-order valence-corrected chi connectivity index (χ3v) is 3.03. The summed E-state index contributed by atoms with van der Waals surface area (Å²) < 4.78 is 0. The summed E-state index contributed by atoms with van der Waals surface area (Å²) in [6.07, 6.45) is 0.281. The largest absolute Gasteiger partial charge is 0.355 e. The minimum absolute atomic E-state index is 0.0782. The molecule has 0 aromatic carbocycles. The monoisotopic (exact) mass is 256 g/mol. The maximum Gasteiger partial charge on any atom is 0.224 e. The van der Waals surface area contributed by atoms with Gasteiger partial charge in [0.25, 0.3) is 0 Å². The number of rotatable bonds is 5. The normalized spacial score (nSPS) is 14.2. The lowest BCUT2D eigenvalue weighted by atomic mass is 9.74. The minimum Gasteiger partial charge on any atom is -0.355 e. The fourth-order valence-corrected chi connectivity index (χ4v) is 1.60. The SMILES string of the molecule is CC(C)(C)C(=O)CC(C(=O)NCCN)C(C)(C)C. The molecule has 0 spiro atoms. The summed E-state index contributed by atoms with van der Waals surface area (Å²) in [6.45, 7) is 12.5. The molecular formula is C14H28N2O2. The topological polar surface area (TPSA) is 72.2 Å². The lowest BCUT2D eigenvalue weighted by Gasteiger charge is -2.31. The Bertz CT molecular complexity index is 298. The third kappa shape index (κ3) is 5.63. The van der Waals surface area contributed by atoms with Gasteiger partial charge in [-0.2, -0.15) is 0 Å². The molecule has 0 heterocycles. The molecule has 4 nitrogen and oxygen atoms in total. The molecule has 1 amide bonds. The van der Waals surface area contributed by atoms with E-state index >= 15 is 0 Å². The Morgan fingerprint density at radius 1 is 1.11 bits per heavy atom. The smallest absolute Gasteiger partial charge is 0.224 e. The molecule has 0 aromatic rings. The van der Waals surface area contributed by atoms with Crippen LogP contribution in [0.4, 0.5) is 0 Å². The van der Waals surface area contributed by atoms with Gasteiger partial charge in [0.1, 0.15) is 5.78 Å². The lowest BCUT2D eigenvalue weighted by Crippen LogP contribution is -2.42. The molecule has 0 rings (SSSR count). The Hall–Kier alpha value is -0.900. The van der Waals surface area contributed by atoms with Crippen molar-refractivity contribution in [1.29, 1.82) is 0 Å². The Morgan fingerprint density at radius 3 is 1.94 bits per heavy atom. The summed E-state index contributed by atoms with van der Waals surface area (Å²) in [5, 5.41) is 2.78. The van der Waals surface area contributed by atoms with Crippen molar-refractivity contribution in [1.82, 2.24) is 5.32 Å². The summed E-state index contributed by atoms with van der Waals surface area (Å²) in [5.41, 5.74) is 4.73. The maximum atomic E-state index is 12.1. The van der Waals surface area contributed by atoms with E-state index in [1.807, 2.05) is 41.5 Å². The van der Waals surface area contributed by atoms with Crippen LogP contribution >= 0.6 is 0 Å². The van der Waals surface area contributed by atoms with Gasteiger partial charge in [-0.1, -0.05) is 41.5 Å². The molecule has 0 saturated carbocycles. The highest BCUT2D eigenvalue weighted by atomic mass is 16.2. The van der Waals surface area contributed by atoms with Crippen molar-refractivity contribution in [3.63, 3.8) is 0 Å². The molecular weight excluding hydrogens is 228 g/mol. The van der Waals surface area contributed by atoms with E-state index in [2.05, 4.69) is 5.32 Å². The fourth-order valence-electron chi connectivity index (χ4n) is 1.60. The van der Waals surface area contributed by atoms with Crippen molar-refractivity contribution in [2.75, 3.05) is 13.1 Å². The second-order valence-electron chi connectivity index (χ2n) is 6.88. The first kappa shape index (κ1) is 17.1. The van der Waals surface area contributed by atoms with Crippen LogP contribution in [0.3, 0.4) is 0 Å². The number of nitrogens with one attached hydrogen (secondary N) is 1. The second-order valence-corrected chi connectivity index (χ2v) is 6.88. The number of carbonyl (C=O) groups is 2. The molecule has 0 aliphatic heterocycles. The Morgan fingerprint density at radius 2 is 1.61 bits per heavy atom. The first-order valence-corrected chi connectivity index (χ1v) is 6.51. The molecule has 0 aromatic heterocycles. The van der Waals surface area contributed by atoms with Crippen molar-refractivity contribution in [3.05, 3.63) is 0 Å². The summed E-state index contributed by atoms with van der Waals surface area (Å²) in [7, 11) is 0. The average molecular weight is 256 g/mol. The average Bonchev–Trinajstić information content (AvgIpc) is 2.18. The van der Waals surface area contributed by atoms with Gasteiger partial charge in [-0.25, -0.2) is 0 Å². The van der Waals surface area contributed by atoms with Crippen molar-refractivity contribution in [3.8, 4) is 0 Å². The summed E-state index contributed by atoms with van der Waals surface area (Å²) in [6, 6.07) is 0. The molecule has 106 valence electrons. The van der Waals surface area contributed by atoms with Crippen LogP contribution in [0.2, 0.25) is 0 Å². The predicted molar refractivity (Wildman–Crippen MR) is 74.1 cm³/mol. The highest BCUT2D eigenvalue weighted by Gasteiger charge is 2.35. The first-order chi connectivity index (χ1) is 8.00. The van der Waals surface area contributed by atoms with Crippen molar-refractivity contribution < 1.29 is 9.59 Å². The Balaban J connectivity index is 4.82. The van der Waals surface area contributed by atoms with Crippen LogP contribution in [0.5, 0.6) is 0 Å². The van der Waals surface area contributed by atoms with Crippen molar-refractivity contribution in [2.24, 2.45) is 22.5 Å². The van der Waals surface area contributed by atoms with Gasteiger partial charge in [0.2, 0.25) is 5.91 Å². The van der Waals surface area contributed by atoms with Crippen LogP contribution in [-0.4, -0.2) is 24.8 Å². The van der Waals surface area contributed by atoms with E-state index in [4.69, 9.17) is 5.73 Å². The van der Waals surface area contributed by atoms with Crippen LogP contribution in [-0.2, 0) is 9.59 Å². The quantitative estimate of drug-likeness (QED) is 0.787. The Kier molecular flexibility index (Phi) is 6.00. The number of amides is 1. The molecule has 0 aliphatic carbocycles. The number of ketones is 1. The standard InChI is InChI=1S/C14H28N2O2/c1-13(2,3)10(12(18)16-8-7-15)9-11(17)14(4,5)6/h10H,7-9,15H2,1-6H3,(H,16,18). The van der Waals surface area contributed by atoms with Gasteiger partial charge in [-0.3, -0.25) is 9.59 Å². The van der Waals surface area contributed by atoms with Gasteiger partial charge in [0.15, 0.2) is 0 Å². The fraction of sp³-hybridized carbons (Fsp3) is 0.857. The highest BCUT2D eigenvalue weighted by Crippen LogP contribution is 2.32. The van der Waals surface area contributed by atoms with Gasteiger partial charge in [0.05, 0.1) is 0 Å². The van der Waals surface area contributed by atoms with Gasteiger partial charge in [-0.15, -0.1) is 0 Å². The zero-order chi connectivity index (χ0) is 14.6. The third-order valence-electron chi connectivity index (χ3n) is 3.03. The molecule has 0 aliphatic rings. The number of hydrogen-bond acceptors (Lipinski definition) is 3. The van der Waals surface area contributed by atoms with Crippen LogP contribution < -0.4 is 11.1 Å². The van der Waals surface area contributed by atoms with Crippen LogP contribution in [0.15, 0.2) is 0 Å². The number of Topliss-reactive ketones (excluding diaryl/α,β-unsaturated/α-hetero) is 1. The van der Waals surface area contributed by atoms with Crippen LogP contribution in [0, 0.1) is 16.7 Å². The van der Waals surface area contributed by atoms with E-state index in [1.54, 1.807) is 0 Å². The Labute approximate surface area is 111 Å². The molecule has 0 bridgehead atoms. The molecule has 4 heteroatoms. The minimum atomic E-state index is -0.405. The number of nitrogens with two attached hydrogens (primary N) is 1. The van der Waals surface area contributed by atoms with Crippen molar-refractivity contribution >= 4 is 11.7 Å². The first-order valence-electron chi connectivity index (χ1n) is 6.51. The molecule has 1 atom stereocenters. The molecule has 18 heavy (non-hydrogen) atoms. The summed E-state index contributed by atoms with van der Waals surface area (Å²) in [5.74, 6) is -0.272. The summed E-state index contributed by atoms with van der Waals surface area (Å²) in [4.78, 5) is 24.2. The highest BCUT2D eigenvalue weighted by molar-refractivity contribution is 5.89. The number of carbonyl (C=O) groups excluding carboxylic acids is 2. The maximum absolute atomic E-state index is 12.1. The molecule has 0 fully saturated rings. The van der Waals surface area contributed by atoms with Gasteiger partial charge in [0, 0.05) is 30.8 Å². The zero-order valence-electron chi connectivity index (χ0n) is 12.6. The van der Waals surface area contributed by atoms with E-state index in [0.29, 0.717) is 13.1 Å². The predicted octanol–water partition coefficient (Wildman–Crippen LogP) is 1.73. The second kappa shape index (κ2) is 6.32. The van der Waals surface area contributed by atoms with Crippen LogP contribution in [0.1, 0.15) is 48.0 Å². The summed E-state index contributed by atoms with van der Waals surface area (Å²) >= 11 is 0. The van der Waals surface area contributed by atoms with E-state index in [1.165, 1.54) is 0 Å². The molecule has 0 saturated heterocycles. The zero-order valence-corrected chi connectivity index (χ0v) is 12.6. The molecule has 3 N–H and O–H groups in total.